The van der Waals surface area contributed by atoms with Gasteiger partial charge >= 0.3 is 6.03 Å². The van der Waals surface area contributed by atoms with E-state index in [1.807, 2.05) is 0 Å². The zero-order valence-corrected chi connectivity index (χ0v) is 19.8. The smallest absolute Gasteiger partial charge is 0.307 e. The molecule has 1 fully saturated rings. The maximum absolute atomic E-state index is 12.7. The monoisotopic (exact) mass is 445 g/mol. The molecule has 1 heterocycles. The highest BCUT2D eigenvalue weighted by Crippen LogP contribution is 2.38. The Labute approximate surface area is 186 Å². The number of aryl methyl sites for hydroxylation is 2. The van der Waals surface area contributed by atoms with Crippen LogP contribution in [0.1, 0.15) is 68.7 Å². The first kappa shape index (κ1) is 22.3. The molecule has 3 aliphatic rings. The molecule has 0 aromatic heterocycles. The van der Waals surface area contributed by atoms with Crippen molar-refractivity contribution in [1.29, 1.82) is 0 Å². The highest BCUT2D eigenvalue weighted by molar-refractivity contribution is 7.92. The predicted octanol–water partition coefficient (Wildman–Crippen LogP) is 4.14. The van der Waals surface area contributed by atoms with Crippen molar-refractivity contribution in [3.05, 3.63) is 39.8 Å². The molecule has 0 unspecified atom stereocenters. The molecule has 1 aromatic carbocycles. The van der Waals surface area contributed by atoms with Crippen LogP contribution in [0.15, 0.2) is 17.6 Å². The fourth-order valence-corrected chi connectivity index (χ4v) is 6.33. The first-order chi connectivity index (χ1) is 14.7. The average Bonchev–Trinajstić information content (AvgIpc) is 3.40. The summed E-state index contributed by atoms with van der Waals surface area (Å²) in [5.41, 5.74) is 5.54. The molecule has 0 saturated carbocycles. The van der Waals surface area contributed by atoms with Gasteiger partial charge in [-0.3, -0.25) is 4.90 Å². The van der Waals surface area contributed by atoms with Crippen molar-refractivity contribution in [3.63, 3.8) is 0 Å². The van der Waals surface area contributed by atoms with Crippen molar-refractivity contribution in [2.45, 2.75) is 77.7 Å². The number of benzene rings is 1. The van der Waals surface area contributed by atoms with E-state index in [0.29, 0.717) is 5.92 Å². The van der Waals surface area contributed by atoms with Gasteiger partial charge in [0, 0.05) is 23.2 Å². The molecule has 7 heteroatoms. The molecule has 0 spiro atoms. The van der Waals surface area contributed by atoms with Gasteiger partial charge in [0.25, 0.3) is 10.0 Å². The second kappa shape index (κ2) is 8.58. The molecule has 1 saturated heterocycles. The Morgan fingerprint density at radius 1 is 1.13 bits per heavy atom. The van der Waals surface area contributed by atoms with Crippen LogP contribution in [0.2, 0.25) is 0 Å². The van der Waals surface area contributed by atoms with E-state index < -0.39 is 16.1 Å². The highest BCUT2D eigenvalue weighted by atomic mass is 32.2. The number of carbonyl (C=O) groups is 1. The highest BCUT2D eigenvalue weighted by Gasteiger charge is 2.35. The SMILES string of the molecule is CC(C)CN1CCC[C@]1(C)/C=C/S(=O)(=O)NC(=O)Nc1c2c(cc3c1CCC3)CCC2. The molecule has 6 nitrogen and oxygen atoms in total. The molecular weight excluding hydrogens is 410 g/mol. The number of sulfonamides is 1. The third-order valence-electron chi connectivity index (χ3n) is 6.97. The van der Waals surface area contributed by atoms with Gasteiger partial charge in [-0.2, -0.15) is 0 Å². The molecule has 1 aliphatic heterocycles. The summed E-state index contributed by atoms with van der Waals surface area (Å²) in [5, 5.41) is 4.07. The van der Waals surface area contributed by atoms with E-state index >= 15 is 0 Å². The number of fused-ring (bicyclic) bond motifs is 2. The van der Waals surface area contributed by atoms with Crippen LogP contribution < -0.4 is 10.0 Å². The normalized spacial score (nSPS) is 23.5. The summed E-state index contributed by atoms with van der Waals surface area (Å²) in [6.07, 6.45) is 9.82. The van der Waals surface area contributed by atoms with E-state index in [9.17, 15) is 13.2 Å². The standard InChI is InChI=1S/C24H35N3O3S/c1-17(2)16-27-13-6-11-24(27,3)12-14-31(29,30)26-23(28)25-22-20-9-4-7-18(20)15-19-8-5-10-21(19)22/h12,14-15,17H,4-11,13,16H2,1-3H3,(H2,25,26,28)/b14-12+/t24-/m1/s1. The van der Waals surface area contributed by atoms with Crippen LogP contribution >= 0.6 is 0 Å². The second-order valence-electron chi connectivity index (χ2n) is 9.94. The van der Waals surface area contributed by atoms with E-state index in [4.69, 9.17) is 0 Å². The first-order valence-corrected chi connectivity index (χ1v) is 13.2. The summed E-state index contributed by atoms with van der Waals surface area (Å²) in [6.45, 7) is 8.31. The fourth-order valence-electron chi connectivity index (χ4n) is 5.48. The minimum Gasteiger partial charge on any atom is -0.307 e. The zero-order valence-electron chi connectivity index (χ0n) is 19.0. The van der Waals surface area contributed by atoms with Gasteiger partial charge in [0.05, 0.1) is 0 Å². The number of carbonyl (C=O) groups excluding carboxylic acids is 1. The molecule has 1 aromatic rings. The van der Waals surface area contributed by atoms with Crippen molar-refractivity contribution < 1.29 is 13.2 Å². The van der Waals surface area contributed by atoms with Gasteiger partial charge in [0.2, 0.25) is 0 Å². The van der Waals surface area contributed by atoms with Crippen molar-refractivity contribution in [1.82, 2.24) is 9.62 Å². The lowest BCUT2D eigenvalue weighted by Gasteiger charge is -2.33. The van der Waals surface area contributed by atoms with Crippen LogP contribution in [0.5, 0.6) is 0 Å². The van der Waals surface area contributed by atoms with Gasteiger partial charge in [0.1, 0.15) is 0 Å². The number of urea groups is 1. The molecule has 2 N–H and O–H groups in total. The second-order valence-corrected chi connectivity index (χ2v) is 11.5. The Hall–Kier alpha value is -1.86. The van der Waals surface area contributed by atoms with Crippen molar-refractivity contribution in [2.24, 2.45) is 5.92 Å². The maximum Gasteiger partial charge on any atom is 0.333 e. The molecule has 2 aliphatic carbocycles. The minimum atomic E-state index is -3.88. The van der Waals surface area contributed by atoms with Crippen LogP contribution in [-0.4, -0.2) is 38.0 Å². The number of hydrogen-bond donors (Lipinski definition) is 2. The summed E-state index contributed by atoms with van der Waals surface area (Å²) < 4.78 is 27.5. The Bertz CT molecular complexity index is 968. The Morgan fingerprint density at radius 2 is 1.77 bits per heavy atom. The van der Waals surface area contributed by atoms with E-state index in [2.05, 4.69) is 41.8 Å². The fraction of sp³-hybridized carbons (Fsp3) is 0.625. The summed E-state index contributed by atoms with van der Waals surface area (Å²) in [6, 6.07) is 1.62. The van der Waals surface area contributed by atoms with Crippen LogP contribution in [0.3, 0.4) is 0 Å². The van der Waals surface area contributed by atoms with Gasteiger partial charge in [0.15, 0.2) is 0 Å². The van der Waals surface area contributed by atoms with Crippen LogP contribution in [0.25, 0.3) is 0 Å². The molecule has 2 amide bonds. The van der Waals surface area contributed by atoms with E-state index in [1.165, 1.54) is 27.7 Å². The number of anilines is 1. The topological polar surface area (TPSA) is 78.5 Å². The Balaban J connectivity index is 1.46. The van der Waals surface area contributed by atoms with E-state index in [1.54, 1.807) is 6.08 Å². The summed E-state index contributed by atoms with van der Waals surface area (Å²) >= 11 is 0. The molecule has 1 atom stereocenters. The lowest BCUT2D eigenvalue weighted by molar-refractivity contribution is 0.181. The Kier molecular flexibility index (Phi) is 6.19. The Morgan fingerprint density at radius 3 is 2.39 bits per heavy atom. The van der Waals surface area contributed by atoms with Crippen molar-refractivity contribution >= 4 is 21.7 Å². The van der Waals surface area contributed by atoms with Gasteiger partial charge in [-0.05, 0) is 93.0 Å². The van der Waals surface area contributed by atoms with Crippen LogP contribution in [-0.2, 0) is 35.7 Å². The number of hydrogen-bond acceptors (Lipinski definition) is 4. The number of nitrogens with zero attached hydrogens (tertiary/aromatic N) is 1. The maximum atomic E-state index is 12.7. The molecule has 0 bridgehead atoms. The van der Waals surface area contributed by atoms with Gasteiger partial charge < -0.3 is 5.32 Å². The summed E-state index contributed by atoms with van der Waals surface area (Å²) in [7, 11) is -3.88. The van der Waals surface area contributed by atoms with Gasteiger partial charge in [-0.1, -0.05) is 26.0 Å². The zero-order chi connectivity index (χ0) is 22.2. The van der Waals surface area contributed by atoms with Crippen LogP contribution in [0, 0.1) is 5.92 Å². The number of amides is 2. The molecule has 170 valence electrons. The van der Waals surface area contributed by atoms with E-state index in [0.717, 1.165) is 70.1 Å². The van der Waals surface area contributed by atoms with Crippen molar-refractivity contribution in [2.75, 3.05) is 18.4 Å². The molecular formula is C24H35N3O3S. The quantitative estimate of drug-likeness (QED) is 0.690. The van der Waals surface area contributed by atoms with Crippen molar-refractivity contribution in [3.8, 4) is 0 Å². The number of nitrogens with one attached hydrogen (secondary N) is 2. The summed E-state index contributed by atoms with van der Waals surface area (Å²) in [5.74, 6) is 0.515. The number of likely N-dealkylation sites (tertiary alicyclic amines) is 1. The van der Waals surface area contributed by atoms with Gasteiger partial charge in [-0.15, -0.1) is 0 Å². The lowest BCUT2D eigenvalue weighted by Crippen LogP contribution is -2.42. The molecule has 0 radical (unpaired) electrons. The van der Waals surface area contributed by atoms with E-state index in [-0.39, 0.29) is 5.54 Å². The molecule has 4 rings (SSSR count). The largest absolute Gasteiger partial charge is 0.333 e. The third-order valence-corrected chi connectivity index (χ3v) is 7.94. The first-order valence-electron chi connectivity index (χ1n) is 11.6. The average molecular weight is 446 g/mol. The third kappa shape index (κ3) is 4.82. The lowest BCUT2D eigenvalue weighted by atomic mass is 9.98. The van der Waals surface area contributed by atoms with Gasteiger partial charge in [-0.25, -0.2) is 17.9 Å². The van der Waals surface area contributed by atoms with Crippen LogP contribution in [0.4, 0.5) is 10.5 Å². The minimum absolute atomic E-state index is 0.295. The summed E-state index contributed by atoms with van der Waals surface area (Å²) in [4.78, 5) is 15.0. The predicted molar refractivity (Wildman–Crippen MR) is 125 cm³/mol. The molecule has 31 heavy (non-hydrogen) atoms. The number of rotatable bonds is 6.